The van der Waals surface area contributed by atoms with Gasteiger partial charge in [0.2, 0.25) is 0 Å². The van der Waals surface area contributed by atoms with Crippen molar-refractivity contribution < 1.29 is 14.7 Å². The van der Waals surface area contributed by atoms with Crippen LogP contribution in [0.3, 0.4) is 0 Å². The number of nitrogens with two attached hydrogens (primary N) is 3. The quantitative estimate of drug-likeness (QED) is 0.0527. The summed E-state index contributed by atoms with van der Waals surface area (Å²) in [4.78, 5) is 27.3. The topological polar surface area (TPSA) is 144 Å². The number of carboxylic acids is 1. The van der Waals surface area contributed by atoms with E-state index in [0.717, 1.165) is 11.1 Å². The molecule has 7 nitrogen and oxygen atoms in total. The van der Waals surface area contributed by atoms with E-state index in [9.17, 15) is 14.7 Å². The minimum Gasteiger partial charge on any atom is -0.478 e. The van der Waals surface area contributed by atoms with Crippen molar-refractivity contribution in [3.63, 3.8) is 0 Å². The summed E-state index contributed by atoms with van der Waals surface area (Å²) >= 11 is 14.5. The van der Waals surface area contributed by atoms with Crippen LogP contribution < -0.4 is 22.5 Å². The molecule has 38 heavy (non-hydrogen) atoms. The van der Waals surface area contributed by atoms with Gasteiger partial charge in [0.25, 0.3) is 0 Å². The van der Waals surface area contributed by atoms with Crippen molar-refractivity contribution in [3.05, 3.63) is 71.3 Å². The van der Waals surface area contributed by atoms with E-state index in [4.69, 9.17) is 17.2 Å². The summed E-state index contributed by atoms with van der Waals surface area (Å²) in [6.45, 7) is 0. The fourth-order valence-electron chi connectivity index (χ4n) is 4.35. The van der Waals surface area contributed by atoms with Crippen LogP contribution in [0.25, 0.3) is 22.3 Å². The lowest BCUT2D eigenvalue weighted by atomic mass is 9.98. The van der Waals surface area contributed by atoms with Crippen molar-refractivity contribution in [2.45, 2.75) is 19.6 Å². The average molecular weight is 579 g/mol. The minimum atomic E-state index is -1.08. The molecule has 0 saturated heterocycles. The smallest absolute Gasteiger partial charge is 0.336 e. The van der Waals surface area contributed by atoms with Crippen molar-refractivity contribution in [3.8, 4) is 22.3 Å². The lowest BCUT2D eigenvalue weighted by Gasteiger charge is -2.15. The number of nitrogen functional groups attached to an aromatic ring is 3. The summed E-state index contributed by atoms with van der Waals surface area (Å²) in [5.74, 6) is -0.803. The maximum absolute atomic E-state index is 12.9. The van der Waals surface area contributed by atoms with Gasteiger partial charge >= 0.3 is 5.97 Å². The SMILES string of the molecule is Nc1cc(-c2cc(N)c(SCNc3cc4c(cc3S)C(=O)c3cc(S)c(N)cc3-4)cc2C(=O)O)ccc1S. The number of carbonyl (C=O) groups excluding carboxylic acids is 1. The molecule has 0 radical (unpaired) electrons. The van der Waals surface area contributed by atoms with Gasteiger partial charge in [-0.15, -0.1) is 49.6 Å². The predicted molar refractivity (Wildman–Crippen MR) is 163 cm³/mol. The average Bonchev–Trinajstić information content (AvgIpc) is 3.11. The fraction of sp³-hybridized carbons (Fsp3) is 0.0370. The normalized spacial score (nSPS) is 11.8. The Morgan fingerprint density at radius 1 is 0.763 bits per heavy atom. The lowest BCUT2D eigenvalue weighted by molar-refractivity contribution is 0.0697. The fourth-order valence-corrected chi connectivity index (χ4v) is 5.77. The Balaban J connectivity index is 1.40. The number of carbonyl (C=O) groups is 2. The molecule has 0 spiro atoms. The highest BCUT2D eigenvalue weighted by Crippen LogP contribution is 2.43. The van der Waals surface area contributed by atoms with E-state index in [2.05, 4.69) is 43.2 Å². The Labute approximate surface area is 239 Å². The van der Waals surface area contributed by atoms with E-state index < -0.39 is 5.97 Å². The molecule has 0 aromatic heterocycles. The van der Waals surface area contributed by atoms with E-state index in [1.54, 1.807) is 48.5 Å². The lowest BCUT2D eigenvalue weighted by Crippen LogP contribution is -2.05. The first-order chi connectivity index (χ1) is 18.0. The van der Waals surface area contributed by atoms with Crippen molar-refractivity contribution in [1.82, 2.24) is 0 Å². The molecule has 0 unspecified atom stereocenters. The molecule has 0 bridgehead atoms. The van der Waals surface area contributed by atoms with Crippen LogP contribution in [-0.4, -0.2) is 22.7 Å². The first-order valence-electron chi connectivity index (χ1n) is 11.2. The Hall–Kier alpha value is -3.38. The molecule has 4 aromatic rings. The number of aromatic carboxylic acids is 1. The number of thiol groups is 3. The number of rotatable bonds is 6. The van der Waals surface area contributed by atoms with Gasteiger partial charge in [0.15, 0.2) is 5.78 Å². The Bertz CT molecular complexity index is 1670. The first kappa shape index (κ1) is 26.2. The highest BCUT2D eigenvalue weighted by Gasteiger charge is 2.28. The van der Waals surface area contributed by atoms with Gasteiger partial charge in [-0.2, -0.15) is 0 Å². The molecule has 1 aliphatic rings. The van der Waals surface area contributed by atoms with Crippen LogP contribution in [0.2, 0.25) is 0 Å². The maximum atomic E-state index is 12.9. The van der Waals surface area contributed by atoms with E-state index >= 15 is 0 Å². The summed E-state index contributed by atoms with van der Waals surface area (Å²) < 4.78 is 0. The van der Waals surface area contributed by atoms with Crippen molar-refractivity contribution >= 4 is 84.2 Å². The van der Waals surface area contributed by atoms with Crippen LogP contribution in [0.5, 0.6) is 0 Å². The number of carboxylic acid groups (broad SMARTS) is 1. The van der Waals surface area contributed by atoms with Gasteiger partial charge in [0.05, 0.1) is 11.4 Å². The molecule has 0 amide bonds. The van der Waals surface area contributed by atoms with Crippen molar-refractivity contribution in [1.29, 1.82) is 0 Å². The Morgan fingerprint density at radius 2 is 1.39 bits per heavy atom. The molecule has 0 aliphatic heterocycles. The number of fused-ring (bicyclic) bond motifs is 3. The van der Waals surface area contributed by atoms with Crippen LogP contribution in [0, 0.1) is 0 Å². The Kier molecular flexibility index (Phi) is 6.95. The summed E-state index contributed by atoms with van der Waals surface area (Å²) in [5.41, 5.74) is 24.2. The monoisotopic (exact) mass is 578 g/mol. The maximum Gasteiger partial charge on any atom is 0.336 e. The van der Waals surface area contributed by atoms with Gasteiger partial charge in [-0.1, -0.05) is 6.07 Å². The van der Waals surface area contributed by atoms with E-state index in [0.29, 0.717) is 70.5 Å². The van der Waals surface area contributed by atoms with Crippen LogP contribution >= 0.6 is 49.6 Å². The number of benzene rings is 4. The summed E-state index contributed by atoms with van der Waals surface area (Å²) in [5, 5.41) is 13.2. The largest absolute Gasteiger partial charge is 0.478 e. The van der Waals surface area contributed by atoms with Crippen LogP contribution in [0.1, 0.15) is 26.3 Å². The van der Waals surface area contributed by atoms with Gasteiger partial charge in [-0.3, -0.25) is 4.79 Å². The van der Waals surface area contributed by atoms with Crippen molar-refractivity contribution in [2.24, 2.45) is 0 Å². The minimum absolute atomic E-state index is 0.0960. The highest BCUT2D eigenvalue weighted by atomic mass is 32.2. The summed E-state index contributed by atoms with van der Waals surface area (Å²) in [7, 11) is 0. The van der Waals surface area contributed by atoms with Crippen molar-refractivity contribution in [2.75, 3.05) is 28.4 Å². The number of anilines is 4. The number of hydrogen-bond donors (Lipinski definition) is 8. The molecule has 4 aromatic carbocycles. The predicted octanol–water partition coefficient (Wildman–Crippen LogP) is 6.04. The summed E-state index contributed by atoms with van der Waals surface area (Å²) in [6, 6.07) is 15.4. The summed E-state index contributed by atoms with van der Waals surface area (Å²) in [6.07, 6.45) is 0. The third-order valence-corrected chi connectivity index (χ3v) is 8.41. The highest BCUT2D eigenvalue weighted by molar-refractivity contribution is 7.99. The second kappa shape index (κ2) is 10.1. The van der Waals surface area contributed by atoms with E-state index in [1.807, 2.05) is 6.07 Å². The molecular weight excluding hydrogens is 557 g/mol. The molecule has 5 rings (SSSR count). The number of thioether (sulfide) groups is 1. The molecular formula is C27H22N4O3S4. The van der Waals surface area contributed by atoms with E-state index in [-0.39, 0.29) is 11.3 Å². The number of hydrogen-bond acceptors (Lipinski definition) is 10. The third-order valence-electron chi connectivity index (χ3n) is 6.29. The van der Waals surface area contributed by atoms with E-state index in [1.165, 1.54) is 11.8 Å². The van der Waals surface area contributed by atoms with Gasteiger partial charge in [-0.25, -0.2) is 4.79 Å². The molecule has 0 heterocycles. The molecule has 1 aliphatic carbocycles. The molecule has 0 fully saturated rings. The zero-order valence-electron chi connectivity index (χ0n) is 19.6. The molecule has 192 valence electrons. The number of ketones is 1. The molecule has 0 atom stereocenters. The zero-order valence-corrected chi connectivity index (χ0v) is 23.1. The zero-order chi connectivity index (χ0) is 27.3. The molecule has 0 saturated carbocycles. The van der Waals surface area contributed by atoms with Crippen LogP contribution in [0.4, 0.5) is 22.7 Å². The Morgan fingerprint density at radius 3 is 2.08 bits per heavy atom. The first-order valence-corrected chi connectivity index (χ1v) is 13.5. The van der Waals surface area contributed by atoms with Crippen LogP contribution in [0.15, 0.2) is 74.2 Å². The van der Waals surface area contributed by atoms with Gasteiger partial charge in [-0.05, 0) is 70.8 Å². The number of nitrogens with one attached hydrogen (secondary N) is 1. The third kappa shape index (κ3) is 4.66. The molecule has 8 N–H and O–H groups in total. The second-order valence-corrected chi connectivity index (χ2v) is 11.1. The second-order valence-electron chi connectivity index (χ2n) is 8.68. The van der Waals surface area contributed by atoms with Gasteiger partial charge in [0, 0.05) is 53.5 Å². The van der Waals surface area contributed by atoms with Gasteiger partial charge < -0.3 is 27.6 Å². The van der Waals surface area contributed by atoms with Gasteiger partial charge in [0.1, 0.15) is 0 Å². The standard InChI is InChI=1S/C27H22N4O3S4/c28-18-3-11(1-2-22(18)35)12-4-20(30)25(9-17(12)27(33)34)38-10-31-21-6-14-13-5-19(29)23(36)7-15(13)26(32)16(14)8-24(21)37/h1-9,31,35-37H,10,28-30H2,(H,33,34). The van der Waals surface area contributed by atoms with Crippen LogP contribution in [-0.2, 0) is 0 Å². The molecule has 11 heteroatoms.